The van der Waals surface area contributed by atoms with Gasteiger partial charge in [0.15, 0.2) is 5.84 Å². The third kappa shape index (κ3) is 3.43. The third-order valence-corrected chi connectivity index (χ3v) is 5.01. The van der Waals surface area contributed by atoms with Gasteiger partial charge >= 0.3 is 0 Å². The lowest BCUT2D eigenvalue weighted by atomic mass is 10.1. The first kappa shape index (κ1) is 18.0. The summed E-state index contributed by atoms with van der Waals surface area (Å²) in [6, 6.07) is 18.1. The lowest BCUT2D eigenvalue weighted by Gasteiger charge is -2.21. The normalized spacial score (nSPS) is 13.5. The fraction of sp³-hybridized carbons (Fsp3) is 0.217. The Labute approximate surface area is 164 Å². The SMILES string of the molecule is Cc1ccc(Oc2nc(C)ccc2/C(=N/O)N2Cc3ccccc3C2)c(C)c1. The second kappa shape index (κ2) is 7.35. The van der Waals surface area contributed by atoms with Crippen molar-refractivity contribution < 1.29 is 9.94 Å². The van der Waals surface area contributed by atoms with Crippen molar-refractivity contribution >= 4 is 5.84 Å². The third-order valence-electron chi connectivity index (χ3n) is 5.01. The highest BCUT2D eigenvalue weighted by atomic mass is 16.5. The number of hydrogen-bond acceptors (Lipinski definition) is 4. The minimum Gasteiger partial charge on any atom is -0.438 e. The highest BCUT2D eigenvalue weighted by Crippen LogP contribution is 2.31. The van der Waals surface area contributed by atoms with Gasteiger partial charge in [-0.05, 0) is 55.7 Å². The second-order valence-corrected chi connectivity index (χ2v) is 7.22. The molecule has 2 aromatic carbocycles. The predicted molar refractivity (Wildman–Crippen MR) is 109 cm³/mol. The van der Waals surface area contributed by atoms with Crippen LogP contribution >= 0.6 is 0 Å². The average molecular weight is 373 g/mol. The predicted octanol–water partition coefficient (Wildman–Crippen LogP) is 4.95. The van der Waals surface area contributed by atoms with Gasteiger partial charge in [-0.2, -0.15) is 0 Å². The van der Waals surface area contributed by atoms with Crippen LogP contribution in [0.15, 0.2) is 59.8 Å². The Hall–Kier alpha value is -3.34. The van der Waals surface area contributed by atoms with E-state index in [1.54, 1.807) is 0 Å². The Kier molecular flexibility index (Phi) is 4.74. The van der Waals surface area contributed by atoms with Crippen molar-refractivity contribution in [2.75, 3.05) is 0 Å². The van der Waals surface area contributed by atoms with Gasteiger partial charge in [0.2, 0.25) is 5.88 Å². The summed E-state index contributed by atoms with van der Waals surface area (Å²) in [5.74, 6) is 1.64. The summed E-state index contributed by atoms with van der Waals surface area (Å²) in [5, 5.41) is 13.4. The van der Waals surface area contributed by atoms with Crippen molar-refractivity contribution in [3.63, 3.8) is 0 Å². The number of aromatic nitrogens is 1. The van der Waals surface area contributed by atoms with Crippen LogP contribution in [0.5, 0.6) is 11.6 Å². The summed E-state index contributed by atoms with van der Waals surface area (Å²) in [7, 11) is 0. The van der Waals surface area contributed by atoms with Crippen LogP contribution in [0.4, 0.5) is 0 Å². The Morgan fingerprint density at radius 3 is 2.36 bits per heavy atom. The van der Waals surface area contributed by atoms with Crippen LogP contribution < -0.4 is 4.74 Å². The number of amidine groups is 1. The standard InChI is InChI=1S/C23H23N3O2/c1-15-8-11-21(16(2)12-15)28-23-20(10-9-17(3)24-23)22(25-27)26-13-18-6-4-5-7-19(18)14-26/h4-12,27H,13-14H2,1-3H3/b25-22-. The number of aryl methyl sites for hydroxylation is 3. The maximum absolute atomic E-state index is 9.83. The van der Waals surface area contributed by atoms with E-state index >= 15 is 0 Å². The monoisotopic (exact) mass is 373 g/mol. The molecule has 0 atom stereocenters. The molecular formula is C23H23N3O2. The minimum atomic E-state index is 0.440. The van der Waals surface area contributed by atoms with Crippen LogP contribution in [-0.4, -0.2) is 20.9 Å². The first-order chi connectivity index (χ1) is 13.5. The second-order valence-electron chi connectivity index (χ2n) is 7.22. The molecule has 0 spiro atoms. The molecule has 4 rings (SSSR count). The summed E-state index contributed by atoms with van der Waals surface area (Å²) in [6.45, 7) is 7.35. The summed E-state index contributed by atoms with van der Waals surface area (Å²) in [6.07, 6.45) is 0. The molecule has 1 aliphatic heterocycles. The number of hydrogen-bond donors (Lipinski definition) is 1. The van der Waals surface area contributed by atoms with Gasteiger partial charge in [0, 0.05) is 18.8 Å². The Morgan fingerprint density at radius 1 is 1.00 bits per heavy atom. The molecule has 0 unspecified atom stereocenters. The molecule has 0 fully saturated rings. The number of pyridine rings is 1. The van der Waals surface area contributed by atoms with Gasteiger partial charge in [-0.25, -0.2) is 4.98 Å². The molecule has 142 valence electrons. The molecule has 0 saturated carbocycles. The van der Waals surface area contributed by atoms with Crippen LogP contribution in [0.25, 0.3) is 0 Å². The first-order valence-electron chi connectivity index (χ1n) is 9.32. The van der Waals surface area contributed by atoms with Crippen LogP contribution in [0.1, 0.15) is 33.5 Å². The maximum Gasteiger partial charge on any atom is 0.230 e. The van der Waals surface area contributed by atoms with Crippen LogP contribution in [0.3, 0.4) is 0 Å². The number of rotatable bonds is 3. The van der Waals surface area contributed by atoms with E-state index in [0.29, 0.717) is 30.4 Å². The summed E-state index contributed by atoms with van der Waals surface area (Å²) >= 11 is 0. The molecule has 5 heteroatoms. The van der Waals surface area contributed by atoms with E-state index in [1.165, 1.54) is 16.7 Å². The van der Waals surface area contributed by atoms with Gasteiger partial charge in [0.05, 0.1) is 5.56 Å². The molecule has 0 saturated heterocycles. The molecular weight excluding hydrogens is 350 g/mol. The Morgan fingerprint density at radius 2 is 1.71 bits per heavy atom. The number of oxime groups is 1. The zero-order chi connectivity index (χ0) is 19.7. The van der Waals surface area contributed by atoms with Gasteiger partial charge in [-0.15, -0.1) is 0 Å². The van der Waals surface area contributed by atoms with Crippen molar-refractivity contribution in [1.82, 2.24) is 9.88 Å². The molecule has 1 aliphatic rings. The highest BCUT2D eigenvalue weighted by molar-refractivity contribution is 6.00. The summed E-state index contributed by atoms with van der Waals surface area (Å²) in [4.78, 5) is 6.61. The minimum absolute atomic E-state index is 0.440. The highest BCUT2D eigenvalue weighted by Gasteiger charge is 2.26. The van der Waals surface area contributed by atoms with E-state index in [4.69, 9.17) is 4.74 Å². The fourth-order valence-corrected chi connectivity index (χ4v) is 3.57. The molecule has 0 radical (unpaired) electrons. The quantitative estimate of drug-likeness (QED) is 0.305. The van der Waals surface area contributed by atoms with E-state index < -0.39 is 0 Å². The van der Waals surface area contributed by atoms with Crippen molar-refractivity contribution in [2.45, 2.75) is 33.9 Å². The molecule has 1 N–H and O–H groups in total. The Balaban J connectivity index is 1.69. The summed E-state index contributed by atoms with van der Waals surface area (Å²) in [5.41, 5.74) is 6.19. The topological polar surface area (TPSA) is 58.0 Å². The van der Waals surface area contributed by atoms with Gasteiger partial charge < -0.3 is 14.8 Å². The molecule has 1 aromatic heterocycles. The van der Waals surface area contributed by atoms with Crippen molar-refractivity contribution in [1.29, 1.82) is 0 Å². The molecule has 0 aliphatic carbocycles. The number of benzene rings is 2. The smallest absolute Gasteiger partial charge is 0.230 e. The largest absolute Gasteiger partial charge is 0.438 e. The van der Waals surface area contributed by atoms with E-state index in [2.05, 4.69) is 35.3 Å². The van der Waals surface area contributed by atoms with Gasteiger partial charge in [-0.3, -0.25) is 0 Å². The Bertz CT molecular complexity index is 1030. The van der Waals surface area contributed by atoms with Crippen LogP contribution in [-0.2, 0) is 13.1 Å². The van der Waals surface area contributed by atoms with Gasteiger partial charge in [-0.1, -0.05) is 47.1 Å². The molecule has 0 amide bonds. The first-order valence-corrected chi connectivity index (χ1v) is 9.32. The summed E-state index contributed by atoms with van der Waals surface area (Å²) < 4.78 is 6.17. The zero-order valence-corrected chi connectivity index (χ0v) is 16.3. The number of fused-ring (bicyclic) bond motifs is 1. The van der Waals surface area contributed by atoms with Crippen LogP contribution in [0, 0.1) is 20.8 Å². The average Bonchev–Trinajstić information content (AvgIpc) is 3.10. The lowest BCUT2D eigenvalue weighted by Crippen LogP contribution is -2.27. The maximum atomic E-state index is 9.83. The van der Waals surface area contributed by atoms with Gasteiger partial charge in [0.1, 0.15) is 5.75 Å². The van der Waals surface area contributed by atoms with E-state index in [1.807, 2.05) is 55.1 Å². The molecule has 0 bridgehead atoms. The zero-order valence-electron chi connectivity index (χ0n) is 16.3. The van der Waals surface area contributed by atoms with Gasteiger partial charge in [0.25, 0.3) is 0 Å². The van der Waals surface area contributed by atoms with E-state index in [0.717, 1.165) is 17.0 Å². The molecule has 2 heterocycles. The molecule has 28 heavy (non-hydrogen) atoms. The molecule has 5 nitrogen and oxygen atoms in total. The van der Waals surface area contributed by atoms with Crippen molar-refractivity contribution in [3.8, 4) is 11.6 Å². The van der Waals surface area contributed by atoms with Crippen LogP contribution in [0.2, 0.25) is 0 Å². The van der Waals surface area contributed by atoms with E-state index in [9.17, 15) is 5.21 Å². The van der Waals surface area contributed by atoms with Crippen molar-refractivity contribution in [3.05, 3.63) is 88.1 Å². The number of nitrogens with zero attached hydrogens (tertiary/aromatic N) is 3. The van der Waals surface area contributed by atoms with Crippen molar-refractivity contribution in [2.24, 2.45) is 5.16 Å². The lowest BCUT2D eigenvalue weighted by molar-refractivity contribution is 0.301. The van der Waals surface area contributed by atoms with E-state index in [-0.39, 0.29) is 0 Å². The molecule has 3 aromatic rings. The fourth-order valence-electron chi connectivity index (χ4n) is 3.57. The number of ether oxygens (including phenoxy) is 1.